The molecule has 0 aliphatic heterocycles. The van der Waals surface area contributed by atoms with Gasteiger partial charge in [-0.25, -0.2) is 4.79 Å². The van der Waals surface area contributed by atoms with Crippen LogP contribution in [0.5, 0.6) is 0 Å². The highest BCUT2D eigenvalue weighted by Gasteiger charge is 2.10. The Morgan fingerprint density at radius 2 is 2.00 bits per heavy atom. The number of nitrogen functional groups attached to an aromatic ring is 1. The number of carbonyl (C=O) groups is 1. The van der Waals surface area contributed by atoms with Gasteiger partial charge in [-0.2, -0.15) is 0 Å². The van der Waals surface area contributed by atoms with E-state index in [4.69, 9.17) is 10.5 Å². The fourth-order valence-electron chi connectivity index (χ4n) is 1.71. The molecule has 104 valence electrons. The molecule has 0 spiro atoms. The second kappa shape index (κ2) is 6.43. The molecule has 0 unspecified atom stereocenters. The quantitative estimate of drug-likeness (QED) is 0.656. The van der Waals surface area contributed by atoms with Gasteiger partial charge in [0.05, 0.1) is 29.2 Å². The van der Waals surface area contributed by atoms with Crippen molar-refractivity contribution in [3.63, 3.8) is 0 Å². The van der Waals surface area contributed by atoms with Gasteiger partial charge in [-0.3, -0.25) is 0 Å². The van der Waals surface area contributed by atoms with Gasteiger partial charge in [-0.05, 0) is 53.2 Å². The molecular weight excluding hydrogens is 320 g/mol. The molecule has 2 rings (SSSR count). The average molecular weight is 335 g/mol. The molecule has 0 aromatic heterocycles. The Bertz CT molecular complexity index is 629. The number of para-hydroxylation sites is 1. The van der Waals surface area contributed by atoms with Crippen LogP contribution in [0.25, 0.3) is 0 Å². The first-order chi connectivity index (χ1) is 9.61. The topological polar surface area (TPSA) is 64.3 Å². The van der Waals surface area contributed by atoms with Crippen LogP contribution in [0, 0.1) is 0 Å². The minimum atomic E-state index is -0.359. The molecule has 0 saturated heterocycles. The van der Waals surface area contributed by atoms with Crippen molar-refractivity contribution in [3.05, 3.63) is 52.5 Å². The fourth-order valence-corrected chi connectivity index (χ4v) is 2.10. The van der Waals surface area contributed by atoms with Gasteiger partial charge in [-0.1, -0.05) is 12.1 Å². The van der Waals surface area contributed by atoms with Gasteiger partial charge in [0.25, 0.3) is 0 Å². The molecule has 0 radical (unpaired) electrons. The number of halogens is 1. The maximum absolute atomic E-state index is 11.7. The third-order valence-corrected chi connectivity index (χ3v) is 3.40. The number of hydrogen-bond donors (Lipinski definition) is 2. The average Bonchev–Trinajstić information content (AvgIpc) is 2.44. The van der Waals surface area contributed by atoms with Crippen LogP contribution < -0.4 is 11.1 Å². The van der Waals surface area contributed by atoms with Crippen LogP contribution in [0.15, 0.2) is 46.9 Å². The molecule has 4 nitrogen and oxygen atoms in total. The highest BCUT2D eigenvalue weighted by atomic mass is 79.9. The first kappa shape index (κ1) is 14.4. The summed E-state index contributed by atoms with van der Waals surface area (Å²) in [5, 5.41) is 3.20. The number of rotatable bonds is 4. The van der Waals surface area contributed by atoms with E-state index in [9.17, 15) is 4.79 Å². The van der Waals surface area contributed by atoms with Gasteiger partial charge in [0.1, 0.15) is 0 Å². The summed E-state index contributed by atoms with van der Waals surface area (Å²) in [5.41, 5.74) is 8.51. The lowest BCUT2D eigenvalue weighted by Gasteiger charge is -2.12. The standard InChI is InChI=1S/C15H15BrN2O2/c1-2-20-15(19)10-7-8-12(17)14(9-10)18-13-6-4-3-5-11(13)16/h3-9,18H,2,17H2,1H3. The molecule has 0 aliphatic carbocycles. The van der Waals surface area contributed by atoms with Crippen molar-refractivity contribution >= 4 is 39.0 Å². The maximum Gasteiger partial charge on any atom is 0.338 e. The summed E-state index contributed by atoms with van der Waals surface area (Å²) in [6.45, 7) is 2.12. The lowest BCUT2D eigenvalue weighted by atomic mass is 10.1. The van der Waals surface area contributed by atoms with E-state index in [1.165, 1.54) is 0 Å². The van der Waals surface area contributed by atoms with Gasteiger partial charge in [0, 0.05) is 4.47 Å². The summed E-state index contributed by atoms with van der Waals surface area (Å²) in [4.78, 5) is 11.7. The normalized spacial score (nSPS) is 10.1. The van der Waals surface area contributed by atoms with Gasteiger partial charge in [0.15, 0.2) is 0 Å². The zero-order valence-corrected chi connectivity index (χ0v) is 12.6. The number of ether oxygens (including phenoxy) is 1. The minimum absolute atomic E-state index is 0.343. The predicted octanol–water partition coefficient (Wildman–Crippen LogP) is 3.95. The first-order valence-electron chi connectivity index (χ1n) is 6.20. The van der Waals surface area contributed by atoms with E-state index >= 15 is 0 Å². The largest absolute Gasteiger partial charge is 0.462 e. The van der Waals surface area contributed by atoms with Crippen molar-refractivity contribution < 1.29 is 9.53 Å². The molecule has 0 heterocycles. The Labute approximate surface area is 126 Å². The van der Waals surface area contributed by atoms with E-state index < -0.39 is 0 Å². The van der Waals surface area contributed by atoms with Crippen molar-refractivity contribution in [1.82, 2.24) is 0 Å². The molecule has 0 amide bonds. The fraction of sp³-hybridized carbons (Fsp3) is 0.133. The molecular formula is C15H15BrN2O2. The lowest BCUT2D eigenvalue weighted by molar-refractivity contribution is 0.0526. The molecule has 0 bridgehead atoms. The molecule has 3 N–H and O–H groups in total. The maximum atomic E-state index is 11.7. The smallest absolute Gasteiger partial charge is 0.338 e. The van der Waals surface area contributed by atoms with E-state index in [2.05, 4.69) is 21.2 Å². The van der Waals surface area contributed by atoms with Gasteiger partial charge >= 0.3 is 5.97 Å². The summed E-state index contributed by atoms with van der Waals surface area (Å²) < 4.78 is 5.90. The van der Waals surface area contributed by atoms with E-state index in [1.807, 2.05) is 24.3 Å². The number of nitrogens with two attached hydrogens (primary N) is 1. The van der Waals surface area contributed by atoms with Crippen LogP contribution in [0.1, 0.15) is 17.3 Å². The Morgan fingerprint density at radius 3 is 2.70 bits per heavy atom. The number of esters is 1. The van der Waals surface area contributed by atoms with Crippen LogP contribution >= 0.6 is 15.9 Å². The second-order valence-corrected chi connectivity index (χ2v) is 4.98. The first-order valence-corrected chi connectivity index (χ1v) is 6.99. The Hall–Kier alpha value is -2.01. The zero-order valence-electron chi connectivity index (χ0n) is 11.0. The summed E-state index contributed by atoms with van der Waals surface area (Å²) in [6.07, 6.45) is 0. The minimum Gasteiger partial charge on any atom is -0.462 e. The molecule has 0 aliphatic rings. The van der Waals surface area contributed by atoms with Crippen molar-refractivity contribution in [2.45, 2.75) is 6.92 Å². The van der Waals surface area contributed by atoms with Crippen LogP contribution in [0.4, 0.5) is 17.1 Å². The zero-order chi connectivity index (χ0) is 14.5. The molecule has 2 aromatic carbocycles. The third kappa shape index (κ3) is 3.30. The molecule has 5 heteroatoms. The van der Waals surface area contributed by atoms with Crippen molar-refractivity contribution in [2.75, 3.05) is 17.7 Å². The van der Waals surface area contributed by atoms with E-state index in [0.717, 1.165) is 10.2 Å². The van der Waals surface area contributed by atoms with Crippen molar-refractivity contribution in [1.29, 1.82) is 0 Å². The summed E-state index contributed by atoms with van der Waals surface area (Å²) >= 11 is 3.46. The number of nitrogens with one attached hydrogen (secondary N) is 1. The Balaban J connectivity index is 2.30. The third-order valence-electron chi connectivity index (χ3n) is 2.71. The number of anilines is 3. The highest BCUT2D eigenvalue weighted by molar-refractivity contribution is 9.10. The van der Waals surface area contributed by atoms with Gasteiger partial charge in [-0.15, -0.1) is 0 Å². The van der Waals surface area contributed by atoms with Crippen LogP contribution in [0.2, 0.25) is 0 Å². The van der Waals surface area contributed by atoms with Crippen LogP contribution in [-0.2, 0) is 4.74 Å². The van der Waals surface area contributed by atoms with E-state index in [1.54, 1.807) is 25.1 Å². The SMILES string of the molecule is CCOC(=O)c1ccc(N)c(Nc2ccccc2Br)c1. The number of benzene rings is 2. The predicted molar refractivity (Wildman–Crippen MR) is 84.2 cm³/mol. The van der Waals surface area contributed by atoms with Crippen molar-refractivity contribution in [3.8, 4) is 0 Å². The summed E-state index contributed by atoms with van der Waals surface area (Å²) in [5.74, 6) is -0.359. The second-order valence-electron chi connectivity index (χ2n) is 4.13. The van der Waals surface area contributed by atoms with Gasteiger partial charge in [0.2, 0.25) is 0 Å². The number of carbonyl (C=O) groups excluding carboxylic acids is 1. The van der Waals surface area contributed by atoms with Crippen LogP contribution in [-0.4, -0.2) is 12.6 Å². The summed E-state index contributed by atoms with van der Waals surface area (Å²) in [6, 6.07) is 12.7. The molecule has 0 saturated carbocycles. The van der Waals surface area contributed by atoms with Crippen LogP contribution in [0.3, 0.4) is 0 Å². The summed E-state index contributed by atoms with van der Waals surface area (Å²) in [7, 11) is 0. The van der Waals surface area contributed by atoms with E-state index in [-0.39, 0.29) is 5.97 Å². The highest BCUT2D eigenvalue weighted by Crippen LogP contribution is 2.29. The molecule has 20 heavy (non-hydrogen) atoms. The monoisotopic (exact) mass is 334 g/mol. The Morgan fingerprint density at radius 1 is 1.25 bits per heavy atom. The molecule has 0 atom stereocenters. The Kier molecular flexibility index (Phi) is 4.63. The molecule has 2 aromatic rings. The molecule has 0 fully saturated rings. The number of hydrogen-bond acceptors (Lipinski definition) is 4. The van der Waals surface area contributed by atoms with E-state index in [0.29, 0.717) is 23.5 Å². The van der Waals surface area contributed by atoms with Crippen molar-refractivity contribution in [2.24, 2.45) is 0 Å². The lowest BCUT2D eigenvalue weighted by Crippen LogP contribution is -2.06. The van der Waals surface area contributed by atoms with Gasteiger partial charge < -0.3 is 15.8 Å².